The molecule has 7 aromatic rings. The minimum absolute atomic E-state index is 0.0253. The monoisotopic (exact) mass is 879 g/mol. The fourth-order valence-electron chi connectivity index (χ4n) is 9.91. The highest BCUT2D eigenvalue weighted by Gasteiger charge is 2.42. The van der Waals surface area contributed by atoms with Crippen molar-refractivity contribution in [3.05, 3.63) is 167 Å². The third-order valence-corrected chi connectivity index (χ3v) is 13.5. The molecule has 0 unspecified atom stereocenters. The number of fused-ring (bicyclic) bond motifs is 3. The number of ether oxygens (including phenoxy) is 1. The molecule has 3 heterocycles. The van der Waals surface area contributed by atoms with Crippen molar-refractivity contribution in [1.29, 1.82) is 0 Å². The molecule has 0 amide bonds. The van der Waals surface area contributed by atoms with Gasteiger partial charge in [0.15, 0.2) is 0 Å². The van der Waals surface area contributed by atoms with E-state index >= 15 is 0 Å². The van der Waals surface area contributed by atoms with Gasteiger partial charge in [-0.05, 0) is 92.6 Å². The van der Waals surface area contributed by atoms with Crippen LogP contribution in [-0.2, 0) is 21.7 Å². The molecule has 0 fully saturated rings. The van der Waals surface area contributed by atoms with Crippen molar-refractivity contribution in [1.82, 2.24) is 9.55 Å². The molecule has 0 saturated carbocycles. The molecule has 0 atom stereocenters. The van der Waals surface area contributed by atoms with E-state index in [2.05, 4.69) is 253 Å². The van der Waals surface area contributed by atoms with E-state index in [1.54, 1.807) is 0 Å². The van der Waals surface area contributed by atoms with Gasteiger partial charge in [0.1, 0.15) is 17.3 Å². The number of allylic oxidation sites excluding steroid dienone is 2. The second-order valence-electron chi connectivity index (χ2n) is 24.4. The van der Waals surface area contributed by atoms with Crippen LogP contribution in [0.4, 0.5) is 11.4 Å². The zero-order chi connectivity index (χ0) is 47.9. The summed E-state index contributed by atoms with van der Waals surface area (Å²) in [4.78, 5) is 10.1. The summed E-state index contributed by atoms with van der Waals surface area (Å²) in [6.07, 6.45) is 1.95. The lowest BCUT2D eigenvalue weighted by atomic mass is 9.78. The summed E-state index contributed by atoms with van der Waals surface area (Å²) < 4.78 is 9.59. The van der Waals surface area contributed by atoms with Gasteiger partial charge in [-0.25, -0.2) is 4.98 Å². The van der Waals surface area contributed by atoms with Crippen LogP contribution >= 0.6 is 0 Å². The van der Waals surface area contributed by atoms with E-state index in [1.807, 2.05) is 6.20 Å². The Bertz CT molecular complexity index is 2970. The van der Waals surface area contributed by atoms with Crippen molar-refractivity contribution in [2.24, 2.45) is 10.8 Å². The van der Waals surface area contributed by atoms with E-state index in [9.17, 15) is 0 Å². The van der Waals surface area contributed by atoms with E-state index < -0.39 is 0 Å². The van der Waals surface area contributed by atoms with Crippen molar-refractivity contribution in [2.75, 3.05) is 16.5 Å². The molecule has 2 aromatic heterocycles. The van der Waals surface area contributed by atoms with E-state index in [1.165, 1.54) is 55.7 Å². The van der Waals surface area contributed by atoms with Crippen molar-refractivity contribution in [3.63, 3.8) is 0 Å². The lowest BCUT2D eigenvalue weighted by molar-refractivity contribution is 0.444. The smallest absolute Gasteiger partial charge is 0.137 e. The van der Waals surface area contributed by atoms with Gasteiger partial charge in [0.2, 0.25) is 0 Å². The fraction of sp³-hybridized carbons (Fsp3) is 0.393. The molecule has 1 aliphatic heterocycles. The van der Waals surface area contributed by atoms with Gasteiger partial charge in [-0.3, -0.25) is 4.57 Å². The Morgan fingerprint density at radius 2 is 1.02 bits per heavy atom. The quantitative estimate of drug-likeness (QED) is 0.160. The van der Waals surface area contributed by atoms with E-state index in [4.69, 9.17) is 9.72 Å². The summed E-state index contributed by atoms with van der Waals surface area (Å²) in [6.45, 7) is 40.1. The summed E-state index contributed by atoms with van der Waals surface area (Å²) in [6, 6.07) is 44.7. The highest BCUT2D eigenvalue weighted by molar-refractivity contribution is 6.11. The summed E-state index contributed by atoms with van der Waals surface area (Å²) in [5.41, 5.74) is 12.7. The number of hydrogen-bond acceptors (Lipinski definition) is 4. The predicted octanol–water partition coefficient (Wildman–Crippen LogP) is 16.8. The second kappa shape index (κ2) is 16.2. The third kappa shape index (κ3) is 8.78. The van der Waals surface area contributed by atoms with Crippen LogP contribution in [0.5, 0.6) is 11.5 Å². The van der Waals surface area contributed by atoms with Gasteiger partial charge in [-0.15, -0.1) is 0 Å². The van der Waals surface area contributed by atoms with Crippen LogP contribution in [-0.4, -0.2) is 16.2 Å². The normalized spacial score (nSPS) is 14.6. The summed E-state index contributed by atoms with van der Waals surface area (Å²) in [7, 11) is 0. The van der Waals surface area contributed by atoms with Crippen molar-refractivity contribution < 1.29 is 4.74 Å². The van der Waals surface area contributed by atoms with Gasteiger partial charge in [0.05, 0.1) is 17.7 Å². The fourth-order valence-corrected chi connectivity index (χ4v) is 9.91. The molecule has 0 bridgehead atoms. The highest BCUT2D eigenvalue weighted by Crippen LogP contribution is 2.50. The van der Waals surface area contributed by atoms with Gasteiger partial charge in [0.25, 0.3) is 0 Å². The third-order valence-electron chi connectivity index (χ3n) is 13.5. The number of pyridine rings is 1. The molecular weight excluding hydrogens is 805 g/mol. The largest absolute Gasteiger partial charge is 0.457 e. The summed E-state index contributed by atoms with van der Waals surface area (Å²) >= 11 is 0. The molecule has 5 aromatic carbocycles. The van der Waals surface area contributed by atoms with Gasteiger partial charge in [-0.1, -0.05) is 178 Å². The molecule has 0 aliphatic carbocycles. The minimum Gasteiger partial charge on any atom is -0.457 e. The molecule has 5 nitrogen and oxygen atoms in total. The average Bonchev–Trinajstić information content (AvgIpc) is 3.81. The topological polar surface area (TPSA) is 33.5 Å². The second-order valence-corrected chi connectivity index (χ2v) is 24.4. The first-order chi connectivity index (χ1) is 30.6. The maximum atomic E-state index is 7.25. The molecule has 344 valence electrons. The molecular formula is C61H74N4O. The lowest BCUT2D eigenvalue weighted by Crippen LogP contribution is -2.31. The SMILES string of the molecule is CC(C)(C)C1=C(C(C)(C)C)N(c2cccc(C(C)(C)c3ccccc3)c2)CN1c1cc(Oc2cc(C(C)(C)C)c3c4ccccc4n(-c4cc(C(C)(C)C)ccn4)c3c2)cc(C(C)(C)C)c1. The molecule has 1 aliphatic rings. The lowest BCUT2D eigenvalue weighted by Gasteiger charge is -2.35. The number of nitrogens with zero attached hydrogens (tertiary/aromatic N) is 4. The Morgan fingerprint density at radius 3 is 1.64 bits per heavy atom. The molecule has 0 saturated heterocycles. The number of hydrogen-bond donors (Lipinski definition) is 0. The Labute approximate surface area is 396 Å². The molecule has 0 radical (unpaired) electrons. The van der Waals surface area contributed by atoms with Crippen molar-refractivity contribution in [2.45, 2.75) is 139 Å². The molecule has 8 rings (SSSR count). The van der Waals surface area contributed by atoms with E-state index in [-0.39, 0.29) is 32.5 Å². The van der Waals surface area contributed by atoms with Crippen molar-refractivity contribution in [3.8, 4) is 17.3 Å². The van der Waals surface area contributed by atoms with Crippen LogP contribution in [0.1, 0.15) is 146 Å². The highest BCUT2D eigenvalue weighted by atomic mass is 16.5. The molecule has 0 spiro atoms. The van der Waals surface area contributed by atoms with E-state index in [0.717, 1.165) is 34.0 Å². The zero-order valence-corrected chi connectivity index (χ0v) is 43.0. The number of anilines is 2. The number of benzene rings is 5. The maximum Gasteiger partial charge on any atom is 0.137 e. The summed E-state index contributed by atoms with van der Waals surface area (Å²) in [5.74, 6) is 2.54. The standard InChI is InChI=1S/C61H74N4O/c1-56(2,3)41-30-31-62-52(35-41)65-50-29-22-21-28-48(50)53-49(58(7,8)9)37-47(38-51(53)65)66-46-34-43(57(4,5)6)33-45(36-46)64-39-63(54(59(10,11)12)55(64)60(13,14)15)44-27-23-26-42(32-44)61(16,17)40-24-19-18-20-25-40/h18-38H,39H2,1-17H3. The van der Waals surface area contributed by atoms with Crippen molar-refractivity contribution >= 4 is 33.2 Å². The van der Waals surface area contributed by atoms with Crippen LogP contribution < -0.4 is 14.5 Å². The zero-order valence-electron chi connectivity index (χ0n) is 43.0. The number of aromatic nitrogens is 2. The van der Waals surface area contributed by atoms with Gasteiger partial charge < -0.3 is 14.5 Å². The molecule has 0 N–H and O–H groups in total. The van der Waals surface area contributed by atoms with Crippen LogP contribution in [0.2, 0.25) is 0 Å². The number of para-hydroxylation sites is 1. The van der Waals surface area contributed by atoms with Crippen LogP contribution in [0.3, 0.4) is 0 Å². The van der Waals surface area contributed by atoms with Gasteiger partial charge in [-0.2, -0.15) is 0 Å². The Balaban J connectivity index is 1.30. The first-order valence-corrected chi connectivity index (χ1v) is 24.0. The number of rotatable bonds is 7. The molecule has 66 heavy (non-hydrogen) atoms. The first kappa shape index (κ1) is 46.7. The Kier molecular flexibility index (Phi) is 11.5. The van der Waals surface area contributed by atoms with Gasteiger partial charge >= 0.3 is 0 Å². The average molecular weight is 879 g/mol. The maximum absolute atomic E-state index is 7.25. The minimum atomic E-state index is -0.173. The first-order valence-electron chi connectivity index (χ1n) is 24.0. The van der Waals surface area contributed by atoms with Gasteiger partial charge in [0, 0.05) is 68.1 Å². The summed E-state index contributed by atoms with van der Waals surface area (Å²) in [5, 5.41) is 2.45. The Morgan fingerprint density at radius 1 is 0.439 bits per heavy atom. The van der Waals surface area contributed by atoms with Crippen LogP contribution in [0.25, 0.3) is 27.6 Å². The van der Waals surface area contributed by atoms with E-state index in [0.29, 0.717) is 6.67 Å². The predicted molar refractivity (Wildman–Crippen MR) is 282 cm³/mol. The van der Waals surface area contributed by atoms with Crippen LogP contribution in [0, 0.1) is 10.8 Å². The van der Waals surface area contributed by atoms with Crippen LogP contribution in [0.15, 0.2) is 139 Å². The Hall–Kier alpha value is -5.81. The molecule has 5 heteroatoms.